The number of benzene rings is 2. The van der Waals surface area contributed by atoms with Gasteiger partial charge < -0.3 is 9.47 Å². The molecule has 0 radical (unpaired) electrons. The minimum absolute atomic E-state index is 0.144. The maximum atomic E-state index is 12.8. The van der Waals surface area contributed by atoms with Gasteiger partial charge in [-0.25, -0.2) is 9.48 Å². The van der Waals surface area contributed by atoms with E-state index in [1.807, 2.05) is 25.3 Å². The second-order valence-corrected chi connectivity index (χ2v) is 7.27. The molecule has 2 aromatic carbocycles. The zero-order valence-corrected chi connectivity index (χ0v) is 17.4. The zero-order valence-electron chi connectivity index (χ0n) is 17.4. The number of carbonyl (C=O) groups is 1. The van der Waals surface area contributed by atoms with Crippen LogP contribution in [0, 0.1) is 6.92 Å². The van der Waals surface area contributed by atoms with Crippen molar-refractivity contribution in [2.75, 3.05) is 13.7 Å². The van der Waals surface area contributed by atoms with Crippen molar-refractivity contribution in [3.05, 3.63) is 77.1 Å². The number of ether oxygens (including phenoxy) is 2. The van der Waals surface area contributed by atoms with E-state index in [1.165, 1.54) is 19.2 Å². The predicted octanol–water partition coefficient (Wildman–Crippen LogP) is 5.10. The Morgan fingerprint density at radius 1 is 1.10 bits per heavy atom. The van der Waals surface area contributed by atoms with E-state index in [9.17, 15) is 18.0 Å². The molecule has 0 amide bonds. The first-order valence-corrected chi connectivity index (χ1v) is 9.69. The molecular weight excluding hydrogens is 409 g/mol. The van der Waals surface area contributed by atoms with Gasteiger partial charge in [0.15, 0.2) is 6.61 Å². The van der Waals surface area contributed by atoms with Gasteiger partial charge in [0.1, 0.15) is 5.75 Å². The fourth-order valence-corrected chi connectivity index (χ4v) is 3.28. The topological polar surface area (TPSA) is 53.4 Å². The number of rotatable bonds is 7. The van der Waals surface area contributed by atoms with Crippen molar-refractivity contribution in [2.45, 2.75) is 32.4 Å². The summed E-state index contributed by atoms with van der Waals surface area (Å²) in [6, 6.07) is 12.4. The lowest BCUT2D eigenvalue weighted by Gasteiger charge is -2.11. The molecule has 1 atom stereocenters. The van der Waals surface area contributed by atoms with Crippen molar-refractivity contribution in [3.8, 4) is 11.4 Å². The summed E-state index contributed by atoms with van der Waals surface area (Å²) >= 11 is 0. The minimum atomic E-state index is -4.36. The van der Waals surface area contributed by atoms with Gasteiger partial charge in [-0.15, -0.1) is 0 Å². The van der Waals surface area contributed by atoms with Gasteiger partial charge in [-0.2, -0.15) is 18.3 Å². The molecule has 0 fully saturated rings. The lowest BCUT2D eigenvalue weighted by molar-refractivity contribution is -0.143. The van der Waals surface area contributed by atoms with Crippen molar-refractivity contribution in [2.24, 2.45) is 0 Å². The van der Waals surface area contributed by atoms with E-state index in [2.05, 4.69) is 16.8 Å². The van der Waals surface area contributed by atoms with Crippen LogP contribution in [0.15, 0.2) is 54.7 Å². The van der Waals surface area contributed by atoms with Gasteiger partial charge in [-0.3, -0.25) is 0 Å². The number of aromatic nitrogens is 2. The first-order valence-electron chi connectivity index (χ1n) is 9.69. The van der Waals surface area contributed by atoms with E-state index < -0.39 is 17.7 Å². The van der Waals surface area contributed by atoms with Crippen LogP contribution in [-0.2, 0) is 22.1 Å². The monoisotopic (exact) mass is 432 g/mol. The molecule has 0 unspecified atom stereocenters. The van der Waals surface area contributed by atoms with Crippen molar-refractivity contribution in [1.29, 1.82) is 0 Å². The smallest absolute Gasteiger partial charge is 0.416 e. The SMILES string of the molecule is COC(=O)COc1ccc(C[C@@H](C)c2cn(-c3ccc(C(F)(F)F)cc3)nc2C)cc1. The Labute approximate surface area is 178 Å². The number of methoxy groups -OCH3 is 1. The average Bonchev–Trinajstić information content (AvgIpc) is 3.14. The third kappa shape index (κ3) is 5.65. The maximum Gasteiger partial charge on any atom is 0.416 e. The highest BCUT2D eigenvalue weighted by Crippen LogP contribution is 2.30. The van der Waals surface area contributed by atoms with Gasteiger partial charge >= 0.3 is 12.1 Å². The van der Waals surface area contributed by atoms with Crippen LogP contribution >= 0.6 is 0 Å². The van der Waals surface area contributed by atoms with Crippen LogP contribution in [0.3, 0.4) is 0 Å². The lowest BCUT2D eigenvalue weighted by Crippen LogP contribution is -2.12. The fraction of sp³-hybridized carbons (Fsp3) is 0.304. The quantitative estimate of drug-likeness (QED) is 0.488. The van der Waals surface area contributed by atoms with Crippen molar-refractivity contribution < 1.29 is 27.4 Å². The Morgan fingerprint density at radius 2 is 1.74 bits per heavy atom. The lowest BCUT2D eigenvalue weighted by atomic mass is 9.94. The second-order valence-electron chi connectivity index (χ2n) is 7.27. The Bertz CT molecular complexity index is 1030. The molecule has 0 N–H and O–H groups in total. The Kier molecular flexibility index (Phi) is 6.68. The van der Waals surface area contributed by atoms with Crippen LogP contribution in [-0.4, -0.2) is 29.5 Å². The summed E-state index contributed by atoms with van der Waals surface area (Å²) in [6.45, 7) is 3.81. The number of halogens is 3. The highest BCUT2D eigenvalue weighted by atomic mass is 19.4. The molecule has 1 aromatic heterocycles. The molecular formula is C23H23F3N2O3. The van der Waals surface area contributed by atoms with Gasteiger partial charge in [0.05, 0.1) is 24.1 Å². The van der Waals surface area contributed by atoms with Crippen molar-refractivity contribution in [3.63, 3.8) is 0 Å². The first-order chi connectivity index (χ1) is 14.7. The highest BCUT2D eigenvalue weighted by molar-refractivity contribution is 5.70. The van der Waals surface area contributed by atoms with E-state index in [1.54, 1.807) is 16.8 Å². The number of carbonyl (C=O) groups excluding carboxylic acids is 1. The van der Waals surface area contributed by atoms with E-state index in [0.29, 0.717) is 11.4 Å². The Morgan fingerprint density at radius 3 is 2.32 bits per heavy atom. The molecule has 5 nitrogen and oxygen atoms in total. The van der Waals surface area contributed by atoms with Gasteiger partial charge in [0, 0.05) is 6.20 Å². The summed E-state index contributed by atoms with van der Waals surface area (Å²) in [5.74, 6) is 0.274. The minimum Gasteiger partial charge on any atom is -0.482 e. The van der Waals surface area contributed by atoms with Gasteiger partial charge in [0.2, 0.25) is 0 Å². The summed E-state index contributed by atoms with van der Waals surface area (Å²) in [7, 11) is 1.30. The molecule has 0 saturated heterocycles. The van der Waals surface area contributed by atoms with Crippen LogP contribution in [0.1, 0.15) is 35.2 Å². The standard InChI is InChI=1S/C23H23F3N2O3/c1-15(12-17-4-10-20(11-5-17)31-14-22(29)30-3)21-13-28(27-16(21)2)19-8-6-18(7-9-19)23(24,25)26/h4-11,13,15H,12,14H2,1-3H3/t15-/m1/s1. The van der Waals surface area contributed by atoms with Gasteiger partial charge in [-0.1, -0.05) is 19.1 Å². The molecule has 0 spiro atoms. The van der Waals surface area contributed by atoms with Crippen LogP contribution < -0.4 is 4.74 Å². The summed E-state index contributed by atoms with van der Waals surface area (Å²) in [6.07, 6.45) is -1.76. The molecule has 1 heterocycles. The van der Waals surface area contributed by atoms with E-state index >= 15 is 0 Å². The Balaban J connectivity index is 1.68. The molecule has 3 rings (SSSR count). The van der Waals surface area contributed by atoms with Crippen LogP contribution in [0.2, 0.25) is 0 Å². The van der Waals surface area contributed by atoms with Crippen LogP contribution in [0.5, 0.6) is 5.75 Å². The average molecular weight is 432 g/mol. The van der Waals surface area contributed by atoms with Gasteiger partial charge in [0.25, 0.3) is 0 Å². The second kappa shape index (κ2) is 9.24. The molecule has 0 bridgehead atoms. The summed E-state index contributed by atoms with van der Waals surface area (Å²) in [5.41, 5.74) is 2.81. The highest BCUT2D eigenvalue weighted by Gasteiger charge is 2.30. The molecule has 31 heavy (non-hydrogen) atoms. The van der Waals surface area contributed by atoms with E-state index in [-0.39, 0.29) is 12.5 Å². The molecule has 8 heteroatoms. The van der Waals surface area contributed by atoms with Crippen molar-refractivity contribution in [1.82, 2.24) is 9.78 Å². The van der Waals surface area contributed by atoms with E-state index in [4.69, 9.17) is 4.74 Å². The summed E-state index contributed by atoms with van der Waals surface area (Å²) < 4.78 is 49.8. The fourth-order valence-electron chi connectivity index (χ4n) is 3.28. The van der Waals surface area contributed by atoms with Gasteiger partial charge in [-0.05, 0) is 66.8 Å². The largest absolute Gasteiger partial charge is 0.482 e. The number of hydrogen-bond acceptors (Lipinski definition) is 4. The molecule has 3 aromatic rings. The third-order valence-electron chi connectivity index (χ3n) is 4.98. The molecule has 0 saturated carbocycles. The molecule has 0 aliphatic rings. The number of nitrogens with zero attached hydrogens (tertiary/aromatic N) is 2. The normalized spacial score (nSPS) is 12.5. The predicted molar refractivity (Wildman–Crippen MR) is 109 cm³/mol. The number of aryl methyl sites for hydroxylation is 1. The van der Waals surface area contributed by atoms with Crippen LogP contribution in [0.4, 0.5) is 13.2 Å². The first kappa shape index (κ1) is 22.4. The third-order valence-corrected chi connectivity index (χ3v) is 4.98. The summed E-state index contributed by atoms with van der Waals surface area (Å²) in [5, 5.41) is 4.47. The zero-order chi connectivity index (χ0) is 22.6. The summed E-state index contributed by atoms with van der Waals surface area (Å²) in [4.78, 5) is 11.1. The molecule has 0 aliphatic carbocycles. The maximum absolute atomic E-state index is 12.8. The number of hydrogen-bond donors (Lipinski definition) is 0. The molecule has 164 valence electrons. The van der Waals surface area contributed by atoms with Crippen LogP contribution in [0.25, 0.3) is 5.69 Å². The number of esters is 1. The molecule has 0 aliphatic heterocycles. The number of alkyl halides is 3. The van der Waals surface area contributed by atoms with Crippen molar-refractivity contribution >= 4 is 5.97 Å². The van der Waals surface area contributed by atoms with E-state index in [0.717, 1.165) is 35.4 Å². The Hall–Kier alpha value is -3.29.